The number of nitrogens with zero attached hydrogens (tertiary/aromatic N) is 3. The van der Waals surface area contributed by atoms with Crippen LogP contribution in [0.3, 0.4) is 0 Å². The molecule has 3 atom stereocenters. The average molecular weight is 377 g/mol. The van der Waals surface area contributed by atoms with E-state index in [2.05, 4.69) is 9.88 Å². The molecule has 1 aliphatic heterocycles. The fourth-order valence-electron chi connectivity index (χ4n) is 3.68. The summed E-state index contributed by atoms with van der Waals surface area (Å²) in [4.78, 5) is 21.6. The molecule has 2 aromatic rings. The maximum Gasteiger partial charge on any atom is 0.239 e. The standard InChI is InChI=1S/C19H25FN4OS/c1-13-17(26-12-22-13)11-24-9-15(20)8-16(24)10-23(2)18(19(21)25)14-6-4-3-5-7-14/h3-7,12,15-16,18H,8-11H2,1-2H3,(H2,21,25)/t15-,16-,18?/m0/s1. The zero-order valence-electron chi connectivity index (χ0n) is 15.1. The Morgan fingerprint density at radius 1 is 1.46 bits per heavy atom. The van der Waals surface area contributed by atoms with Gasteiger partial charge < -0.3 is 5.73 Å². The third kappa shape index (κ3) is 4.28. The van der Waals surface area contributed by atoms with Crippen LogP contribution in [0.1, 0.15) is 28.6 Å². The third-order valence-electron chi connectivity index (χ3n) is 4.99. The van der Waals surface area contributed by atoms with E-state index in [4.69, 9.17) is 5.73 Å². The van der Waals surface area contributed by atoms with E-state index in [9.17, 15) is 9.18 Å². The maximum absolute atomic E-state index is 14.1. The van der Waals surface area contributed by atoms with E-state index in [-0.39, 0.29) is 6.04 Å². The lowest BCUT2D eigenvalue weighted by molar-refractivity contribution is -0.123. The Bertz CT molecular complexity index is 738. The number of likely N-dealkylation sites (tertiary alicyclic amines) is 1. The van der Waals surface area contributed by atoms with E-state index in [0.29, 0.717) is 26.1 Å². The molecule has 7 heteroatoms. The number of rotatable bonds is 7. The van der Waals surface area contributed by atoms with Gasteiger partial charge in [0, 0.05) is 30.6 Å². The Hall–Kier alpha value is -1.83. The van der Waals surface area contributed by atoms with Crippen molar-refractivity contribution in [3.8, 4) is 0 Å². The largest absolute Gasteiger partial charge is 0.368 e. The van der Waals surface area contributed by atoms with E-state index in [1.165, 1.54) is 4.88 Å². The second kappa shape index (κ2) is 8.24. The molecule has 2 heterocycles. The van der Waals surface area contributed by atoms with Crippen LogP contribution in [0.25, 0.3) is 0 Å². The monoisotopic (exact) mass is 376 g/mol. The molecule has 1 fully saturated rings. The minimum atomic E-state index is -0.842. The molecular weight excluding hydrogens is 351 g/mol. The Morgan fingerprint density at radius 2 is 2.19 bits per heavy atom. The molecule has 0 bridgehead atoms. The lowest BCUT2D eigenvalue weighted by atomic mass is 10.0. The number of thiazole rings is 1. The summed E-state index contributed by atoms with van der Waals surface area (Å²) in [5, 5.41) is 0. The molecule has 140 valence electrons. The summed E-state index contributed by atoms with van der Waals surface area (Å²) in [6.07, 6.45) is -0.368. The van der Waals surface area contributed by atoms with Gasteiger partial charge in [-0.15, -0.1) is 11.3 Å². The maximum atomic E-state index is 14.1. The molecular formula is C19H25FN4OS. The van der Waals surface area contributed by atoms with Crippen molar-refractivity contribution in [1.82, 2.24) is 14.8 Å². The summed E-state index contributed by atoms with van der Waals surface area (Å²) in [5.41, 5.74) is 9.35. The van der Waals surface area contributed by atoms with Crippen molar-refractivity contribution >= 4 is 17.2 Å². The summed E-state index contributed by atoms with van der Waals surface area (Å²) in [5.74, 6) is -0.390. The number of hydrogen-bond acceptors (Lipinski definition) is 5. The van der Waals surface area contributed by atoms with Crippen LogP contribution in [0.15, 0.2) is 35.8 Å². The molecule has 5 nitrogen and oxygen atoms in total. The van der Waals surface area contributed by atoms with Gasteiger partial charge in [0.15, 0.2) is 0 Å². The highest BCUT2D eigenvalue weighted by atomic mass is 32.1. The Balaban J connectivity index is 1.72. The summed E-state index contributed by atoms with van der Waals surface area (Å²) in [7, 11) is 1.88. The quantitative estimate of drug-likeness (QED) is 0.807. The van der Waals surface area contributed by atoms with Crippen LogP contribution in [0.4, 0.5) is 4.39 Å². The van der Waals surface area contributed by atoms with Gasteiger partial charge in [0.25, 0.3) is 0 Å². The SMILES string of the molecule is Cc1ncsc1CN1C[C@@H](F)C[C@H]1CN(C)C(C(N)=O)c1ccccc1. The molecule has 1 saturated heterocycles. The van der Waals surface area contributed by atoms with Gasteiger partial charge in [-0.1, -0.05) is 30.3 Å². The topological polar surface area (TPSA) is 62.5 Å². The first-order valence-corrected chi connectivity index (χ1v) is 9.65. The van der Waals surface area contributed by atoms with E-state index in [1.807, 2.05) is 54.7 Å². The number of hydrogen-bond donors (Lipinski definition) is 1. The molecule has 2 N–H and O–H groups in total. The van der Waals surface area contributed by atoms with E-state index in [1.54, 1.807) is 11.3 Å². The number of likely N-dealkylation sites (N-methyl/N-ethyl adjacent to an activating group) is 1. The van der Waals surface area contributed by atoms with Crippen molar-refractivity contribution in [3.63, 3.8) is 0 Å². The minimum absolute atomic E-state index is 0.0436. The molecule has 0 spiro atoms. The molecule has 3 rings (SSSR count). The van der Waals surface area contributed by atoms with Gasteiger partial charge >= 0.3 is 0 Å². The molecule has 0 aliphatic carbocycles. The van der Waals surface area contributed by atoms with Crippen LogP contribution in [0.2, 0.25) is 0 Å². The van der Waals surface area contributed by atoms with Gasteiger partial charge in [0.2, 0.25) is 5.91 Å². The van der Waals surface area contributed by atoms with Crippen molar-refractivity contribution in [2.45, 2.75) is 38.1 Å². The van der Waals surface area contributed by atoms with Gasteiger partial charge in [-0.3, -0.25) is 14.6 Å². The van der Waals surface area contributed by atoms with Gasteiger partial charge in [-0.2, -0.15) is 0 Å². The van der Waals surface area contributed by atoms with Crippen molar-refractivity contribution < 1.29 is 9.18 Å². The molecule has 0 radical (unpaired) electrons. The molecule has 1 aliphatic rings. The zero-order valence-corrected chi connectivity index (χ0v) is 16.0. The minimum Gasteiger partial charge on any atom is -0.368 e. The summed E-state index contributed by atoms with van der Waals surface area (Å²) < 4.78 is 14.1. The zero-order chi connectivity index (χ0) is 18.7. The van der Waals surface area contributed by atoms with Crippen LogP contribution in [0.5, 0.6) is 0 Å². The molecule has 1 unspecified atom stereocenters. The van der Waals surface area contributed by atoms with Crippen molar-refractivity contribution in [2.24, 2.45) is 5.73 Å². The average Bonchev–Trinajstić information content (AvgIpc) is 3.14. The van der Waals surface area contributed by atoms with Crippen LogP contribution < -0.4 is 5.73 Å². The predicted molar refractivity (Wildman–Crippen MR) is 102 cm³/mol. The van der Waals surface area contributed by atoms with E-state index in [0.717, 1.165) is 11.3 Å². The Kier molecular flexibility index (Phi) is 6.01. The molecule has 1 amide bonds. The first-order valence-electron chi connectivity index (χ1n) is 8.77. The fourth-order valence-corrected chi connectivity index (χ4v) is 4.48. The lowest BCUT2D eigenvalue weighted by Gasteiger charge is -2.32. The number of aromatic nitrogens is 1. The van der Waals surface area contributed by atoms with Gasteiger partial charge in [0.1, 0.15) is 12.2 Å². The van der Waals surface area contributed by atoms with Gasteiger partial charge in [-0.05, 0) is 26.0 Å². The number of aryl methyl sites for hydroxylation is 1. The highest BCUT2D eigenvalue weighted by Crippen LogP contribution is 2.28. The molecule has 26 heavy (non-hydrogen) atoms. The highest BCUT2D eigenvalue weighted by molar-refractivity contribution is 7.09. The Morgan fingerprint density at radius 3 is 2.81 bits per heavy atom. The van der Waals surface area contributed by atoms with E-state index >= 15 is 0 Å². The van der Waals surface area contributed by atoms with Crippen LogP contribution >= 0.6 is 11.3 Å². The molecule has 1 aromatic heterocycles. The second-order valence-electron chi connectivity index (χ2n) is 6.93. The predicted octanol–water partition coefficient (Wildman–Crippen LogP) is 2.52. The first-order chi connectivity index (χ1) is 12.5. The second-order valence-corrected chi connectivity index (χ2v) is 7.87. The van der Waals surface area contributed by atoms with Crippen molar-refractivity contribution in [2.75, 3.05) is 20.1 Å². The number of alkyl halides is 1. The molecule has 0 saturated carbocycles. The van der Waals surface area contributed by atoms with Crippen molar-refractivity contribution in [1.29, 1.82) is 0 Å². The van der Waals surface area contributed by atoms with Crippen LogP contribution in [-0.4, -0.2) is 53.0 Å². The summed E-state index contributed by atoms with van der Waals surface area (Å²) in [6.45, 7) is 3.68. The number of carbonyl (C=O) groups is 1. The number of amides is 1. The number of carbonyl (C=O) groups excluding carboxylic acids is 1. The van der Waals surface area contributed by atoms with Crippen molar-refractivity contribution in [3.05, 3.63) is 52.0 Å². The summed E-state index contributed by atoms with van der Waals surface area (Å²) in [6, 6.07) is 9.03. The van der Waals surface area contributed by atoms with Gasteiger partial charge in [-0.25, -0.2) is 9.37 Å². The van der Waals surface area contributed by atoms with Crippen LogP contribution in [0, 0.1) is 6.92 Å². The highest BCUT2D eigenvalue weighted by Gasteiger charge is 2.35. The number of primary amides is 1. The van der Waals surface area contributed by atoms with Gasteiger partial charge in [0.05, 0.1) is 11.2 Å². The smallest absolute Gasteiger partial charge is 0.239 e. The lowest BCUT2D eigenvalue weighted by Crippen LogP contribution is -2.43. The fraction of sp³-hybridized carbons (Fsp3) is 0.474. The third-order valence-corrected chi connectivity index (χ3v) is 5.91. The van der Waals surface area contributed by atoms with E-state index < -0.39 is 18.1 Å². The normalized spacial score (nSPS) is 22.0. The number of nitrogens with two attached hydrogens (primary N) is 1. The Labute approximate surface area is 157 Å². The summed E-state index contributed by atoms with van der Waals surface area (Å²) >= 11 is 1.60. The van der Waals surface area contributed by atoms with Crippen LogP contribution in [-0.2, 0) is 11.3 Å². The molecule has 1 aromatic carbocycles. The first kappa shape index (κ1) is 18.9. The number of benzene rings is 1. The number of halogens is 1.